The summed E-state index contributed by atoms with van der Waals surface area (Å²) in [5.74, 6) is 1.27. The molecule has 0 fully saturated rings. The molecule has 88 valence electrons. The fourth-order valence-electron chi connectivity index (χ4n) is 1.57. The molecule has 17 heavy (non-hydrogen) atoms. The molecule has 1 unspecified atom stereocenters. The molecule has 0 saturated carbocycles. The summed E-state index contributed by atoms with van der Waals surface area (Å²) in [5.41, 5.74) is 6.88. The summed E-state index contributed by atoms with van der Waals surface area (Å²) in [4.78, 5) is 8.04. The van der Waals surface area contributed by atoms with Crippen LogP contribution in [0.2, 0.25) is 0 Å². The van der Waals surface area contributed by atoms with Gasteiger partial charge in [0.2, 0.25) is 5.88 Å². The number of rotatable bonds is 4. The maximum atomic E-state index is 5.80. The second-order valence-corrected chi connectivity index (χ2v) is 3.93. The van der Waals surface area contributed by atoms with Gasteiger partial charge in [-0.25, -0.2) is 4.98 Å². The lowest BCUT2D eigenvalue weighted by molar-refractivity contribution is 0.452. The van der Waals surface area contributed by atoms with Gasteiger partial charge in [-0.2, -0.15) is 0 Å². The Labute approximate surface area is 100 Å². The number of aromatic nitrogens is 2. The summed E-state index contributed by atoms with van der Waals surface area (Å²) in [7, 11) is 0. The van der Waals surface area contributed by atoms with Crippen molar-refractivity contribution < 1.29 is 4.74 Å². The van der Waals surface area contributed by atoms with Gasteiger partial charge in [0, 0.05) is 18.4 Å². The van der Waals surface area contributed by atoms with Crippen molar-refractivity contribution in [1.29, 1.82) is 0 Å². The van der Waals surface area contributed by atoms with E-state index in [0.717, 1.165) is 17.7 Å². The summed E-state index contributed by atoms with van der Waals surface area (Å²) in [6.45, 7) is 1.97. The lowest BCUT2D eigenvalue weighted by Gasteiger charge is -2.11. The number of hydrogen-bond donors (Lipinski definition) is 1. The van der Waals surface area contributed by atoms with Crippen LogP contribution in [0.1, 0.15) is 12.5 Å². The van der Waals surface area contributed by atoms with Crippen LogP contribution < -0.4 is 10.5 Å². The molecule has 0 spiro atoms. The molecule has 2 N–H and O–H groups in total. The molecular weight excluding hydrogens is 214 g/mol. The van der Waals surface area contributed by atoms with E-state index in [1.165, 1.54) is 0 Å². The molecule has 2 rings (SSSR count). The predicted molar refractivity (Wildman–Crippen MR) is 65.9 cm³/mol. The van der Waals surface area contributed by atoms with E-state index < -0.39 is 0 Å². The number of nitrogens with zero attached hydrogens (tertiary/aromatic N) is 2. The molecule has 0 saturated heterocycles. The highest BCUT2D eigenvalue weighted by Crippen LogP contribution is 2.23. The van der Waals surface area contributed by atoms with Crippen LogP contribution in [-0.2, 0) is 6.42 Å². The van der Waals surface area contributed by atoms with E-state index >= 15 is 0 Å². The van der Waals surface area contributed by atoms with Crippen LogP contribution in [0.25, 0.3) is 0 Å². The Kier molecular flexibility index (Phi) is 3.67. The molecule has 4 nitrogen and oxygen atoms in total. The van der Waals surface area contributed by atoms with E-state index in [9.17, 15) is 0 Å². The maximum Gasteiger partial charge on any atom is 0.237 e. The number of para-hydroxylation sites is 1. The van der Waals surface area contributed by atoms with Gasteiger partial charge >= 0.3 is 0 Å². The molecule has 2 aromatic rings. The highest BCUT2D eigenvalue weighted by Gasteiger charge is 2.06. The highest BCUT2D eigenvalue weighted by molar-refractivity contribution is 5.36. The quantitative estimate of drug-likeness (QED) is 0.872. The van der Waals surface area contributed by atoms with Crippen LogP contribution in [0.15, 0.2) is 42.9 Å². The Morgan fingerprint density at radius 3 is 2.82 bits per heavy atom. The van der Waals surface area contributed by atoms with E-state index in [1.54, 1.807) is 18.6 Å². The van der Waals surface area contributed by atoms with E-state index in [2.05, 4.69) is 9.97 Å². The lowest BCUT2D eigenvalue weighted by atomic mass is 10.1. The van der Waals surface area contributed by atoms with Gasteiger partial charge in [0.05, 0.1) is 6.20 Å². The average Bonchev–Trinajstić information content (AvgIpc) is 2.32. The van der Waals surface area contributed by atoms with Crippen molar-refractivity contribution in [3.05, 3.63) is 48.4 Å². The zero-order valence-electron chi connectivity index (χ0n) is 9.71. The van der Waals surface area contributed by atoms with Gasteiger partial charge in [0.25, 0.3) is 0 Å². The van der Waals surface area contributed by atoms with Gasteiger partial charge in [0.15, 0.2) is 0 Å². The number of benzene rings is 1. The number of nitrogens with two attached hydrogens (primary N) is 1. The van der Waals surface area contributed by atoms with Crippen molar-refractivity contribution in [3.63, 3.8) is 0 Å². The minimum atomic E-state index is 0.0987. The van der Waals surface area contributed by atoms with Crippen LogP contribution in [0.3, 0.4) is 0 Å². The van der Waals surface area contributed by atoms with Crippen molar-refractivity contribution in [2.24, 2.45) is 5.73 Å². The van der Waals surface area contributed by atoms with Crippen molar-refractivity contribution in [2.75, 3.05) is 0 Å². The minimum absolute atomic E-state index is 0.0987. The fraction of sp³-hybridized carbons (Fsp3) is 0.231. The van der Waals surface area contributed by atoms with Gasteiger partial charge < -0.3 is 10.5 Å². The third kappa shape index (κ3) is 3.26. The summed E-state index contributed by atoms with van der Waals surface area (Å²) in [5, 5.41) is 0. The maximum absolute atomic E-state index is 5.80. The summed E-state index contributed by atoms with van der Waals surface area (Å²) < 4.78 is 5.68. The molecule has 0 radical (unpaired) electrons. The molecule has 0 aliphatic heterocycles. The molecule has 0 aliphatic rings. The third-order valence-electron chi connectivity index (χ3n) is 2.27. The van der Waals surface area contributed by atoms with Crippen LogP contribution in [0.4, 0.5) is 0 Å². The van der Waals surface area contributed by atoms with Crippen LogP contribution in [0, 0.1) is 0 Å². The molecule has 0 amide bonds. The van der Waals surface area contributed by atoms with E-state index in [1.807, 2.05) is 31.2 Å². The van der Waals surface area contributed by atoms with Gasteiger partial charge in [-0.05, 0) is 25.0 Å². The first-order chi connectivity index (χ1) is 8.25. The number of hydrogen-bond acceptors (Lipinski definition) is 4. The minimum Gasteiger partial charge on any atom is -0.437 e. The fourth-order valence-corrected chi connectivity index (χ4v) is 1.57. The number of ether oxygens (including phenoxy) is 1. The zero-order chi connectivity index (χ0) is 12.1. The van der Waals surface area contributed by atoms with E-state index in [0.29, 0.717) is 5.88 Å². The standard InChI is InChI=1S/C13H15N3O/c1-10(14)8-11-4-2-3-5-12(11)17-13-9-15-6-7-16-13/h2-7,9-10H,8,14H2,1H3. The summed E-state index contributed by atoms with van der Waals surface area (Å²) in [6, 6.07) is 7.92. The first-order valence-electron chi connectivity index (χ1n) is 5.53. The molecule has 1 aromatic carbocycles. The Hall–Kier alpha value is -1.94. The Morgan fingerprint density at radius 1 is 1.29 bits per heavy atom. The lowest BCUT2D eigenvalue weighted by Crippen LogP contribution is -2.18. The smallest absolute Gasteiger partial charge is 0.237 e. The SMILES string of the molecule is CC(N)Cc1ccccc1Oc1cnccn1. The zero-order valence-corrected chi connectivity index (χ0v) is 9.71. The monoisotopic (exact) mass is 229 g/mol. The summed E-state index contributed by atoms with van der Waals surface area (Å²) >= 11 is 0. The van der Waals surface area contributed by atoms with Gasteiger partial charge in [-0.15, -0.1) is 0 Å². The van der Waals surface area contributed by atoms with Crippen molar-refractivity contribution in [2.45, 2.75) is 19.4 Å². The van der Waals surface area contributed by atoms with Gasteiger partial charge in [-0.1, -0.05) is 18.2 Å². The first kappa shape index (κ1) is 11.5. The Balaban J connectivity index is 2.20. The van der Waals surface area contributed by atoms with Crippen molar-refractivity contribution in [1.82, 2.24) is 9.97 Å². The third-order valence-corrected chi connectivity index (χ3v) is 2.27. The topological polar surface area (TPSA) is 61.0 Å². The molecular formula is C13H15N3O. The Bertz CT molecular complexity index is 471. The molecule has 4 heteroatoms. The van der Waals surface area contributed by atoms with Crippen LogP contribution in [-0.4, -0.2) is 16.0 Å². The van der Waals surface area contributed by atoms with E-state index in [4.69, 9.17) is 10.5 Å². The summed E-state index contributed by atoms with van der Waals surface area (Å²) in [6.07, 6.45) is 5.57. The second kappa shape index (κ2) is 5.41. The van der Waals surface area contributed by atoms with Crippen LogP contribution >= 0.6 is 0 Å². The first-order valence-corrected chi connectivity index (χ1v) is 5.53. The second-order valence-electron chi connectivity index (χ2n) is 3.93. The normalized spacial score (nSPS) is 12.1. The molecule has 1 aromatic heterocycles. The average molecular weight is 229 g/mol. The van der Waals surface area contributed by atoms with Crippen molar-refractivity contribution >= 4 is 0 Å². The molecule has 0 aliphatic carbocycles. The van der Waals surface area contributed by atoms with Gasteiger partial charge in [-0.3, -0.25) is 4.98 Å². The van der Waals surface area contributed by atoms with E-state index in [-0.39, 0.29) is 6.04 Å². The molecule has 1 heterocycles. The highest BCUT2D eigenvalue weighted by atomic mass is 16.5. The van der Waals surface area contributed by atoms with Crippen LogP contribution in [0.5, 0.6) is 11.6 Å². The largest absolute Gasteiger partial charge is 0.437 e. The Morgan fingerprint density at radius 2 is 2.12 bits per heavy atom. The predicted octanol–water partition coefficient (Wildman–Crippen LogP) is 2.16. The molecule has 1 atom stereocenters. The van der Waals surface area contributed by atoms with Crippen molar-refractivity contribution in [3.8, 4) is 11.6 Å². The van der Waals surface area contributed by atoms with Gasteiger partial charge in [0.1, 0.15) is 5.75 Å². The molecule has 0 bridgehead atoms.